The molecular weight excluding hydrogens is 436 g/mol. The van der Waals surface area contributed by atoms with Crippen LogP contribution in [0.4, 0.5) is 4.79 Å². The molecule has 34 heavy (non-hydrogen) atoms. The van der Waals surface area contributed by atoms with Crippen LogP contribution in [-0.4, -0.2) is 55.5 Å². The quantitative estimate of drug-likeness (QED) is 0.465. The van der Waals surface area contributed by atoms with Crippen LogP contribution in [-0.2, 0) is 19.1 Å². The monoisotopic (exact) mass is 468 g/mol. The van der Waals surface area contributed by atoms with E-state index in [0.717, 1.165) is 22.3 Å². The van der Waals surface area contributed by atoms with E-state index in [2.05, 4.69) is 22.8 Å². The van der Waals surface area contributed by atoms with Gasteiger partial charge >= 0.3 is 12.1 Å². The van der Waals surface area contributed by atoms with Crippen LogP contribution in [0.25, 0.3) is 11.1 Å². The Hall–Kier alpha value is -3.39. The van der Waals surface area contributed by atoms with Crippen molar-refractivity contribution >= 4 is 18.0 Å². The van der Waals surface area contributed by atoms with Crippen molar-refractivity contribution in [2.24, 2.45) is 5.92 Å². The van der Waals surface area contributed by atoms with Crippen LogP contribution in [0, 0.1) is 5.92 Å². The highest BCUT2D eigenvalue weighted by Gasteiger charge is 2.30. The molecule has 182 valence electrons. The van der Waals surface area contributed by atoms with Crippen LogP contribution in [0.5, 0.6) is 0 Å². The summed E-state index contributed by atoms with van der Waals surface area (Å²) in [4.78, 5) is 36.6. The Morgan fingerprint density at radius 1 is 0.971 bits per heavy atom. The molecule has 0 saturated carbocycles. The van der Waals surface area contributed by atoms with Crippen LogP contribution < -0.4 is 10.6 Å². The van der Waals surface area contributed by atoms with E-state index < -0.39 is 30.1 Å². The number of methoxy groups -OCH3 is 1. The predicted molar refractivity (Wildman–Crippen MR) is 128 cm³/mol. The van der Waals surface area contributed by atoms with Gasteiger partial charge in [-0.15, -0.1) is 0 Å². The smallest absolute Gasteiger partial charge is 0.407 e. The van der Waals surface area contributed by atoms with E-state index in [0.29, 0.717) is 0 Å². The maximum atomic E-state index is 12.8. The van der Waals surface area contributed by atoms with E-state index in [9.17, 15) is 14.4 Å². The molecule has 0 spiro atoms. The molecule has 2 aromatic rings. The Morgan fingerprint density at radius 3 is 2.09 bits per heavy atom. The summed E-state index contributed by atoms with van der Waals surface area (Å²) in [6.45, 7) is 4.03. The standard InChI is InChI=1S/C26H32N2O6/c1-16(2)23(14-24(29)30)27-25(31)22(12-13-33-3)28-26(32)34-15-21-19-10-6-4-8-17(19)18-9-5-7-11-20(18)21/h4-11,16,21-23H,12-15H2,1-3H3,(H,27,31)(H,28,32)(H,29,30)/t22?,23-/m1/s1. The van der Waals surface area contributed by atoms with Gasteiger partial charge < -0.3 is 25.2 Å². The van der Waals surface area contributed by atoms with Gasteiger partial charge in [0, 0.05) is 32.1 Å². The Morgan fingerprint density at radius 2 is 1.56 bits per heavy atom. The number of fused-ring (bicyclic) bond motifs is 3. The molecule has 1 aliphatic rings. The molecule has 2 atom stereocenters. The molecule has 0 aliphatic heterocycles. The van der Waals surface area contributed by atoms with Crippen molar-refractivity contribution in [1.82, 2.24) is 10.6 Å². The van der Waals surface area contributed by atoms with Gasteiger partial charge in [0.2, 0.25) is 5.91 Å². The summed E-state index contributed by atoms with van der Waals surface area (Å²) < 4.78 is 10.6. The van der Waals surface area contributed by atoms with Gasteiger partial charge in [0.05, 0.1) is 6.42 Å². The number of carbonyl (C=O) groups excluding carboxylic acids is 2. The highest BCUT2D eigenvalue weighted by atomic mass is 16.5. The number of carboxylic acid groups (broad SMARTS) is 1. The number of rotatable bonds is 11. The minimum atomic E-state index is -1.00. The van der Waals surface area contributed by atoms with Gasteiger partial charge in [0.15, 0.2) is 0 Å². The van der Waals surface area contributed by atoms with Crippen molar-refractivity contribution in [2.75, 3.05) is 20.3 Å². The molecule has 0 heterocycles. The topological polar surface area (TPSA) is 114 Å². The zero-order valence-corrected chi connectivity index (χ0v) is 19.7. The molecular formula is C26H32N2O6. The zero-order chi connectivity index (χ0) is 24.7. The van der Waals surface area contributed by atoms with E-state index in [1.54, 1.807) is 0 Å². The summed E-state index contributed by atoms with van der Waals surface area (Å²) in [5.74, 6) is -1.65. The van der Waals surface area contributed by atoms with Crippen molar-refractivity contribution in [3.63, 3.8) is 0 Å². The fourth-order valence-corrected chi connectivity index (χ4v) is 4.21. The second-order valence-corrected chi connectivity index (χ2v) is 8.76. The van der Waals surface area contributed by atoms with Gasteiger partial charge in [-0.05, 0) is 28.2 Å². The average Bonchev–Trinajstić information content (AvgIpc) is 3.13. The van der Waals surface area contributed by atoms with E-state index in [4.69, 9.17) is 14.6 Å². The SMILES string of the molecule is COCCC(NC(=O)OCC1c2ccccc2-c2ccccc21)C(=O)N[C@H](CC(=O)O)C(C)C. The lowest BCUT2D eigenvalue weighted by atomic mass is 9.98. The Labute approximate surface area is 199 Å². The summed E-state index contributed by atoms with van der Waals surface area (Å²) >= 11 is 0. The second kappa shape index (κ2) is 11.7. The first-order valence-electron chi connectivity index (χ1n) is 11.4. The lowest BCUT2D eigenvalue weighted by molar-refractivity contribution is -0.138. The molecule has 0 aromatic heterocycles. The van der Waals surface area contributed by atoms with Crippen LogP contribution in [0.2, 0.25) is 0 Å². The van der Waals surface area contributed by atoms with Crippen LogP contribution in [0.1, 0.15) is 43.7 Å². The number of alkyl carbamates (subject to hydrolysis) is 1. The first-order valence-corrected chi connectivity index (χ1v) is 11.4. The third-order valence-electron chi connectivity index (χ3n) is 6.09. The molecule has 8 nitrogen and oxygen atoms in total. The van der Waals surface area contributed by atoms with Gasteiger partial charge in [-0.25, -0.2) is 4.79 Å². The number of ether oxygens (including phenoxy) is 2. The minimum absolute atomic E-state index is 0.0856. The van der Waals surface area contributed by atoms with Gasteiger partial charge in [-0.3, -0.25) is 9.59 Å². The number of carbonyl (C=O) groups is 3. The van der Waals surface area contributed by atoms with Gasteiger partial charge in [0.25, 0.3) is 0 Å². The second-order valence-electron chi connectivity index (χ2n) is 8.76. The number of amides is 2. The number of nitrogens with one attached hydrogen (secondary N) is 2. The number of hydrogen-bond acceptors (Lipinski definition) is 5. The van der Waals surface area contributed by atoms with Crippen molar-refractivity contribution in [1.29, 1.82) is 0 Å². The molecule has 8 heteroatoms. The fourth-order valence-electron chi connectivity index (χ4n) is 4.21. The molecule has 3 N–H and O–H groups in total. The highest BCUT2D eigenvalue weighted by Crippen LogP contribution is 2.44. The molecule has 3 rings (SSSR count). The molecule has 1 unspecified atom stereocenters. The number of hydrogen-bond donors (Lipinski definition) is 3. The maximum Gasteiger partial charge on any atom is 0.407 e. The lowest BCUT2D eigenvalue weighted by Crippen LogP contribution is -2.51. The molecule has 0 saturated heterocycles. The summed E-state index contributed by atoms with van der Waals surface area (Å²) in [7, 11) is 1.50. The number of carboxylic acids is 1. The Kier molecular flexibility index (Phi) is 8.65. The Balaban J connectivity index is 1.65. The highest BCUT2D eigenvalue weighted by molar-refractivity contribution is 5.86. The van der Waals surface area contributed by atoms with Crippen molar-refractivity contribution in [2.45, 2.75) is 44.7 Å². The summed E-state index contributed by atoms with van der Waals surface area (Å²) in [5, 5.41) is 14.5. The maximum absolute atomic E-state index is 12.8. The van der Waals surface area contributed by atoms with Crippen LogP contribution in [0.15, 0.2) is 48.5 Å². The van der Waals surface area contributed by atoms with E-state index >= 15 is 0 Å². The van der Waals surface area contributed by atoms with E-state index in [-0.39, 0.29) is 37.9 Å². The Bertz CT molecular complexity index is 976. The lowest BCUT2D eigenvalue weighted by Gasteiger charge is -2.25. The normalized spacial score (nSPS) is 14.1. The molecule has 2 aromatic carbocycles. The molecule has 0 bridgehead atoms. The predicted octanol–water partition coefficient (Wildman–Crippen LogP) is 3.55. The van der Waals surface area contributed by atoms with Crippen LogP contribution >= 0.6 is 0 Å². The van der Waals surface area contributed by atoms with Gasteiger partial charge in [-0.2, -0.15) is 0 Å². The largest absolute Gasteiger partial charge is 0.481 e. The molecule has 0 radical (unpaired) electrons. The summed E-state index contributed by atoms with van der Waals surface area (Å²) in [5.41, 5.74) is 4.45. The number of aliphatic carboxylic acids is 1. The molecule has 0 fully saturated rings. The van der Waals surface area contributed by atoms with Crippen LogP contribution in [0.3, 0.4) is 0 Å². The third kappa shape index (κ3) is 6.14. The van der Waals surface area contributed by atoms with E-state index in [1.165, 1.54) is 7.11 Å². The van der Waals surface area contributed by atoms with E-state index in [1.807, 2.05) is 50.2 Å². The number of benzene rings is 2. The van der Waals surface area contributed by atoms with Gasteiger partial charge in [0.1, 0.15) is 12.6 Å². The van der Waals surface area contributed by atoms with Crippen molar-refractivity contribution < 1.29 is 29.0 Å². The average molecular weight is 469 g/mol. The third-order valence-corrected chi connectivity index (χ3v) is 6.09. The summed E-state index contributed by atoms with van der Waals surface area (Å²) in [6, 6.07) is 14.6. The molecule has 1 aliphatic carbocycles. The molecule has 2 amide bonds. The van der Waals surface area contributed by atoms with Gasteiger partial charge in [-0.1, -0.05) is 62.4 Å². The minimum Gasteiger partial charge on any atom is -0.481 e. The fraction of sp³-hybridized carbons (Fsp3) is 0.423. The van der Waals surface area contributed by atoms with Crippen molar-refractivity contribution in [3.05, 3.63) is 59.7 Å². The first kappa shape index (κ1) is 25.2. The summed E-state index contributed by atoms with van der Waals surface area (Å²) in [6.07, 6.45) is -0.687. The first-order chi connectivity index (χ1) is 16.3. The zero-order valence-electron chi connectivity index (χ0n) is 19.7. The van der Waals surface area contributed by atoms with Crippen molar-refractivity contribution in [3.8, 4) is 11.1 Å².